The van der Waals surface area contributed by atoms with Gasteiger partial charge in [0, 0.05) is 16.6 Å². The van der Waals surface area contributed by atoms with Gasteiger partial charge in [0.05, 0.1) is 18.0 Å². The average molecular weight is 465 g/mol. The number of terminal acetylenes is 1. The van der Waals surface area contributed by atoms with Crippen molar-refractivity contribution in [1.82, 2.24) is 10.0 Å². The van der Waals surface area contributed by atoms with Gasteiger partial charge in [0.25, 0.3) is 0 Å². The van der Waals surface area contributed by atoms with E-state index in [2.05, 4.69) is 44.9 Å². The Hall–Kier alpha value is -1.85. The van der Waals surface area contributed by atoms with Gasteiger partial charge in [-0.3, -0.25) is 0 Å². The van der Waals surface area contributed by atoms with E-state index in [0.29, 0.717) is 13.2 Å². The number of sulfonamides is 1. The third kappa shape index (κ3) is 6.95. The lowest BCUT2D eigenvalue weighted by Gasteiger charge is -2.12. The van der Waals surface area contributed by atoms with Crippen LogP contribution < -0.4 is 14.8 Å². The standard InChI is InChI=1S/C21H25BrN2O3S/c1-3-12-24-28(25,26)20-8-5-17(6-9-20)11-13-23-16-18-15-19(22)7-10-21(18)27-14-4-2/h1,5-10,15,23-24H,4,11-14,16H2,2H3. The predicted octanol–water partition coefficient (Wildman–Crippen LogP) is 3.48. The highest BCUT2D eigenvalue weighted by molar-refractivity contribution is 9.10. The van der Waals surface area contributed by atoms with E-state index in [1.807, 2.05) is 24.3 Å². The Morgan fingerprint density at radius 1 is 1.18 bits per heavy atom. The van der Waals surface area contributed by atoms with E-state index in [9.17, 15) is 8.42 Å². The van der Waals surface area contributed by atoms with Gasteiger partial charge in [0.15, 0.2) is 0 Å². The van der Waals surface area contributed by atoms with E-state index in [4.69, 9.17) is 11.2 Å². The van der Waals surface area contributed by atoms with Crippen molar-refractivity contribution in [2.24, 2.45) is 0 Å². The fourth-order valence-corrected chi connectivity index (χ4v) is 3.89. The summed E-state index contributed by atoms with van der Waals surface area (Å²) in [7, 11) is -3.54. The minimum atomic E-state index is -3.54. The van der Waals surface area contributed by atoms with Gasteiger partial charge in [-0.25, -0.2) is 8.42 Å². The van der Waals surface area contributed by atoms with Gasteiger partial charge in [-0.2, -0.15) is 4.72 Å². The largest absolute Gasteiger partial charge is 0.493 e. The summed E-state index contributed by atoms with van der Waals surface area (Å²) in [6.07, 6.45) is 6.85. The third-order valence-electron chi connectivity index (χ3n) is 3.99. The molecule has 0 bridgehead atoms. The normalized spacial score (nSPS) is 11.2. The van der Waals surface area contributed by atoms with E-state index >= 15 is 0 Å². The molecule has 0 aliphatic rings. The molecule has 0 radical (unpaired) electrons. The summed E-state index contributed by atoms with van der Waals surface area (Å²) in [6.45, 7) is 4.22. The zero-order valence-electron chi connectivity index (χ0n) is 15.9. The lowest BCUT2D eigenvalue weighted by atomic mass is 10.1. The Kier molecular flexibility index (Phi) is 9.00. The molecule has 28 heavy (non-hydrogen) atoms. The molecule has 150 valence electrons. The predicted molar refractivity (Wildman–Crippen MR) is 116 cm³/mol. The maximum absolute atomic E-state index is 12.0. The smallest absolute Gasteiger partial charge is 0.241 e. The fourth-order valence-electron chi connectivity index (χ4n) is 2.55. The highest BCUT2D eigenvalue weighted by Crippen LogP contribution is 2.23. The van der Waals surface area contributed by atoms with Gasteiger partial charge in [-0.15, -0.1) is 6.42 Å². The first-order valence-electron chi connectivity index (χ1n) is 9.10. The zero-order chi connectivity index (χ0) is 20.4. The number of rotatable bonds is 11. The Labute approximate surface area is 176 Å². The van der Waals surface area contributed by atoms with Crippen LogP contribution in [-0.4, -0.2) is 28.1 Å². The minimum absolute atomic E-state index is 0.0203. The van der Waals surface area contributed by atoms with Crippen molar-refractivity contribution < 1.29 is 13.2 Å². The summed E-state index contributed by atoms with van der Waals surface area (Å²) >= 11 is 3.50. The van der Waals surface area contributed by atoms with E-state index in [0.717, 1.165) is 40.7 Å². The van der Waals surface area contributed by atoms with Gasteiger partial charge < -0.3 is 10.1 Å². The maximum Gasteiger partial charge on any atom is 0.241 e. The first-order valence-corrected chi connectivity index (χ1v) is 11.4. The van der Waals surface area contributed by atoms with E-state index in [1.54, 1.807) is 12.1 Å². The average Bonchev–Trinajstić information content (AvgIpc) is 2.69. The van der Waals surface area contributed by atoms with Crippen LogP contribution in [0.1, 0.15) is 24.5 Å². The number of halogens is 1. The monoisotopic (exact) mass is 464 g/mol. The van der Waals surface area contributed by atoms with Crippen LogP contribution in [0, 0.1) is 12.3 Å². The van der Waals surface area contributed by atoms with Gasteiger partial charge in [-0.1, -0.05) is 40.9 Å². The number of hydrogen-bond acceptors (Lipinski definition) is 4. The van der Waals surface area contributed by atoms with Crippen LogP contribution in [-0.2, 0) is 23.0 Å². The second kappa shape index (κ2) is 11.2. The Bertz CT molecular complexity index is 906. The Balaban J connectivity index is 1.87. The van der Waals surface area contributed by atoms with Crippen LogP contribution in [0.4, 0.5) is 0 Å². The van der Waals surface area contributed by atoms with Crippen molar-refractivity contribution in [2.75, 3.05) is 19.7 Å². The molecular weight excluding hydrogens is 440 g/mol. The van der Waals surface area contributed by atoms with Gasteiger partial charge in [0.1, 0.15) is 5.75 Å². The molecule has 0 spiro atoms. The van der Waals surface area contributed by atoms with Crippen molar-refractivity contribution in [2.45, 2.75) is 31.2 Å². The molecule has 2 aromatic carbocycles. The maximum atomic E-state index is 12.0. The molecule has 5 nitrogen and oxygen atoms in total. The molecule has 0 aliphatic carbocycles. The Morgan fingerprint density at radius 3 is 2.61 bits per heavy atom. The number of nitrogens with one attached hydrogen (secondary N) is 2. The molecular formula is C21H25BrN2O3S. The van der Waals surface area contributed by atoms with Crippen molar-refractivity contribution >= 4 is 26.0 Å². The van der Waals surface area contributed by atoms with Crippen molar-refractivity contribution in [1.29, 1.82) is 0 Å². The molecule has 7 heteroatoms. The molecule has 2 aromatic rings. The quantitative estimate of drug-likeness (QED) is 0.394. The molecule has 0 aromatic heterocycles. The van der Waals surface area contributed by atoms with E-state index < -0.39 is 10.0 Å². The van der Waals surface area contributed by atoms with Crippen LogP contribution >= 0.6 is 15.9 Å². The lowest BCUT2D eigenvalue weighted by molar-refractivity contribution is 0.313. The minimum Gasteiger partial charge on any atom is -0.493 e. The lowest BCUT2D eigenvalue weighted by Crippen LogP contribution is -2.23. The van der Waals surface area contributed by atoms with Crippen molar-refractivity contribution in [3.8, 4) is 18.1 Å². The molecule has 0 atom stereocenters. The first-order chi connectivity index (χ1) is 13.5. The summed E-state index contributed by atoms with van der Waals surface area (Å²) < 4.78 is 33.2. The SMILES string of the molecule is C#CCNS(=O)(=O)c1ccc(CCNCc2cc(Br)ccc2OCCC)cc1. The van der Waals surface area contributed by atoms with Crippen LogP contribution in [0.15, 0.2) is 51.8 Å². The van der Waals surface area contributed by atoms with Gasteiger partial charge in [-0.05, 0) is 55.3 Å². The molecule has 0 saturated carbocycles. The van der Waals surface area contributed by atoms with Crippen LogP contribution in [0.2, 0.25) is 0 Å². The summed E-state index contributed by atoms with van der Waals surface area (Å²) in [5.41, 5.74) is 2.16. The van der Waals surface area contributed by atoms with E-state index in [1.165, 1.54) is 0 Å². The molecule has 0 fully saturated rings. The second-order valence-corrected chi connectivity index (χ2v) is 8.88. The summed E-state index contributed by atoms with van der Waals surface area (Å²) in [5, 5.41) is 3.41. The molecule has 0 aliphatic heterocycles. The summed E-state index contributed by atoms with van der Waals surface area (Å²) in [4.78, 5) is 0.214. The first kappa shape index (κ1) is 22.4. The van der Waals surface area contributed by atoms with Crippen LogP contribution in [0.5, 0.6) is 5.75 Å². The third-order valence-corrected chi connectivity index (χ3v) is 5.90. The van der Waals surface area contributed by atoms with Crippen LogP contribution in [0.25, 0.3) is 0 Å². The highest BCUT2D eigenvalue weighted by Gasteiger charge is 2.12. The molecule has 0 saturated heterocycles. The number of ether oxygens (including phenoxy) is 1. The molecule has 0 heterocycles. The molecule has 2 N–H and O–H groups in total. The van der Waals surface area contributed by atoms with Gasteiger partial charge in [0.2, 0.25) is 10.0 Å². The number of hydrogen-bond donors (Lipinski definition) is 2. The second-order valence-electron chi connectivity index (χ2n) is 6.20. The van der Waals surface area contributed by atoms with E-state index in [-0.39, 0.29) is 11.4 Å². The Morgan fingerprint density at radius 2 is 1.93 bits per heavy atom. The van der Waals surface area contributed by atoms with Crippen molar-refractivity contribution in [3.05, 3.63) is 58.1 Å². The molecule has 2 rings (SSSR count). The molecule has 0 amide bonds. The highest BCUT2D eigenvalue weighted by atomic mass is 79.9. The number of benzene rings is 2. The topological polar surface area (TPSA) is 67.4 Å². The molecule has 0 unspecified atom stereocenters. The van der Waals surface area contributed by atoms with Gasteiger partial charge >= 0.3 is 0 Å². The van der Waals surface area contributed by atoms with Crippen LogP contribution in [0.3, 0.4) is 0 Å². The summed E-state index contributed by atoms with van der Waals surface area (Å²) in [6, 6.07) is 12.8. The van der Waals surface area contributed by atoms with Crippen molar-refractivity contribution in [3.63, 3.8) is 0 Å². The summed E-state index contributed by atoms with van der Waals surface area (Å²) in [5.74, 6) is 3.16. The zero-order valence-corrected chi connectivity index (χ0v) is 18.3. The fraction of sp³-hybridized carbons (Fsp3) is 0.333.